The molecule has 21 heavy (non-hydrogen) atoms. The molecule has 0 radical (unpaired) electrons. The fourth-order valence-electron chi connectivity index (χ4n) is 1.78. The van der Waals surface area contributed by atoms with Crippen LogP contribution in [0.1, 0.15) is 23.7 Å². The molecule has 0 saturated heterocycles. The minimum absolute atomic E-state index is 0.112. The fourth-order valence-corrected chi connectivity index (χ4v) is 1.78. The molecule has 0 unspecified atom stereocenters. The highest BCUT2D eigenvalue weighted by Gasteiger charge is 2.11. The number of halogens is 1. The lowest BCUT2D eigenvalue weighted by Crippen LogP contribution is -2.14. The molecule has 3 N–H and O–H groups in total. The van der Waals surface area contributed by atoms with E-state index in [0.29, 0.717) is 12.3 Å². The van der Waals surface area contributed by atoms with E-state index < -0.39 is 11.7 Å². The molecule has 0 aromatic heterocycles. The normalized spacial score (nSPS) is 10.2. The van der Waals surface area contributed by atoms with Gasteiger partial charge in [0.15, 0.2) is 0 Å². The van der Waals surface area contributed by atoms with E-state index in [9.17, 15) is 9.18 Å². The van der Waals surface area contributed by atoms with Gasteiger partial charge in [0.25, 0.3) is 5.91 Å². The van der Waals surface area contributed by atoms with Crippen molar-refractivity contribution < 1.29 is 13.9 Å². The van der Waals surface area contributed by atoms with Crippen LogP contribution in [0, 0.1) is 5.82 Å². The van der Waals surface area contributed by atoms with E-state index in [4.69, 9.17) is 10.5 Å². The summed E-state index contributed by atoms with van der Waals surface area (Å²) in [6.07, 6.45) is 0.928. The van der Waals surface area contributed by atoms with Crippen molar-refractivity contribution in [3.05, 3.63) is 53.8 Å². The van der Waals surface area contributed by atoms with Crippen LogP contribution in [0.25, 0.3) is 0 Å². The van der Waals surface area contributed by atoms with Gasteiger partial charge in [-0.1, -0.05) is 6.92 Å². The van der Waals surface area contributed by atoms with Gasteiger partial charge in [-0.05, 0) is 48.9 Å². The first-order chi connectivity index (χ1) is 10.1. The Morgan fingerprint density at radius 3 is 2.62 bits per heavy atom. The summed E-state index contributed by atoms with van der Waals surface area (Å²) in [5, 5.41) is 2.67. The predicted molar refractivity (Wildman–Crippen MR) is 81.0 cm³/mol. The van der Waals surface area contributed by atoms with Gasteiger partial charge in [0.05, 0.1) is 12.2 Å². The second-order valence-electron chi connectivity index (χ2n) is 4.56. The number of nitrogens with one attached hydrogen (secondary N) is 1. The maximum Gasteiger partial charge on any atom is 0.257 e. The first-order valence-corrected chi connectivity index (χ1v) is 6.69. The molecule has 0 atom stereocenters. The smallest absolute Gasteiger partial charge is 0.257 e. The van der Waals surface area contributed by atoms with Crippen LogP contribution in [0.2, 0.25) is 0 Å². The number of rotatable bonds is 5. The number of hydrogen-bond acceptors (Lipinski definition) is 3. The van der Waals surface area contributed by atoms with E-state index in [2.05, 4.69) is 5.32 Å². The van der Waals surface area contributed by atoms with Crippen molar-refractivity contribution in [3.8, 4) is 5.75 Å². The molecule has 0 aliphatic carbocycles. The molecule has 0 saturated carbocycles. The number of amides is 1. The third kappa shape index (κ3) is 3.95. The number of ether oxygens (including phenoxy) is 1. The SMILES string of the molecule is CCCOc1ccc(NC(=O)c2cc(F)ccc2N)cc1. The molecule has 0 aliphatic heterocycles. The lowest BCUT2D eigenvalue weighted by molar-refractivity contribution is 0.102. The topological polar surface area (TPSA) is 64.3 Å². The van der Waals surface area contributed by atoms with Gasteiger partial charge in [-0.25, -0.2) is 4.39 Å². The van der Waals surface area contributed by atoms with Crippen LogP contribution < -0.4 is 15.8 Å². The summed E-state index contributed by atoms with van der Waals surface area (Å²) in [6.45, 7) is 2.67. The number of nitrogen functional groups attached to an aromatic ring is 1. The summed E-state index contributed by atoms with van der Waals surface area (Å²) in [6, 6.07) is 10.7. The Labute approximate surface area is 122 Å². The van der Waals surface area contributed by atoms with Crippen molar-refractivity contribution >= 4 is 17.3 Å². The van der Waals surface area contributed by atoms with Crippen LogP contribution in [0.15, 0.2) is 42.5 Å². The number of nitrogens with two attached hydrogens (primary N) is 1. The third-order valence-corrected chi connectivity index (χ3v) is 2.85. The number of hydrogen-bond donors (Lipinski definition) is 2. The van der Waals surface area contributed by atoms with Crippen LogP contribution in [-0.4, -0.2) is 12.5 Å². The van der Waals surface area contributed by atoms with Gasteiger partial charge in [0, 0.05) is 11.4 Å². The van der Waals surface area contributed by atoms with Gasteiger partial charge in [-0.3, -0.25) is 4.79 Å². The van der Waals surface area contributed by atoms with Crippen molar-refractivity contribution in [2.75, 3.05) is 17.7 Å². The number of anilines is 2. The largest absolute Gasteiger partial charge is 0.494 e. The maximum absolute atomic E-state index is 13.2. The van der Waals surface area contributed by atoms with E-state index in [1.165, 1.54) is 12.1 Å². The molecule has 0 fully saturated rings. The van der Waals surface area contributed by atoms with Crippen LogP contribution in [-0.2, 0) is 0 Å². The second kappa shape index (κ2) is 6.74. The fraction of sp³-hybridized carbons (Fsp3) is 0.188. The Hall–Kier alpha value is -2.56. The summed E-state index contributed by atoms with van der Waals surface area (Å²) < 4.78 is 18.6. The molecule has 5 heteroatoms. The summed E-state index contributed by atoms with van der Waals surface area (Å²) in [5.41, 5.74) is 6.61. The Bertz CT molecular complexity index is 627. The summed E-state index contributed by atoms with van der Waals surface area (Å²) in [7, 11) is 0. The Balaban J connectivity index is 2.07. The number of carbonyl (C=O) groups excluding carboxylic acids is 1. The van der Waals surface area contributed by atoms with Crippen molar-refractivity contribution in [1.82, 2.24) is 0 Å². The third-order valence-electron chi connectivity index (χ3n) is 2.85. The summed E-state index contributed by atoms with van der Waals surface area (Å²) in [4.78, 5) is 12.1. The van der Waals surface area contributed by atoms with E-state index in [1.807, 2.05) is 6.92 Å². The number of carbonyl (C=O) groups is 1. The summed E-state index contributed by atoms with van der Waals surface area (Å²) >= 11 is 0. The molecule has 4 nitrogen and oxygen atoms in total. The van der Waals surface area contributed by atoms with E-state index in [0.717, 1.165) is 18.2 Å². The molecular weight excluding hydrogens is 271 g/mol. The van der Waals surface area contributed by atoms with Gasteiger partial charge in [-0.15, -0.1) is 0 Å². The maximum atomic E-state index is 13.2. The zero-order chi connectivity index (χ0) is 15.2. The average Bonchev–Trinajstić information content (AvgIpc) is 2.49. The monoisotopic (exact) mass is 288 g/mol. The minimum Gasteiger partial charge on any atom is -0.494 e. The van der Waals surface area contributed by atoms with E-state index in [-0.39, 0.29) is 11.3 Å². The van der Waals surface area contributed by atoms with Gasteiger partial charge < -0.3 is 15.8 Å². The van der Waals surface area contributed by atoms with Crippen LogP contribution in [0.3, 0.4) is 0 Å². The summed E-state index contributed by atoms with van der Waals surface area (Å²) in [5.74, 6) is -0.216. The molecule has 0 heterocycles. The van der Waals surface area contributed by atoms with Crippen molar-refractivity contribution in [1.29, 1.82) is 0 Å². The minimum atomic E-state index is -0.502. The lowest BCUT2D eigenvalue weighted by atomic mass is 10.1. The Morgan fingerprint density at radius 1 is 1.24 bits per heavy atom. The van der Waals surface area contributed by atoms with Crippen LogP contribution in [0.4, 0.5) is 15.8 Å². The Morgan fingerprint density at radius 2 is 1.95 bits per heavy atom. The molecule has 2 aromatic rings. The van der Waals surface area contributed by atoms with E-state index >= 15 is 0 Å². The highest BCUT2D eigenvalue weighted by molar-refractivity contribution is 6.07. The van der Waals surface area contributed by atoms with Gasteiger partial charge in [0.1, 0.15) is 11.6 Å². The number of benzene rings is 2. The Kier molecular flexibility index (Phi) is 4.77. The molecule has 0 spiro atoms. The zero-order valence-electron chi connectivity index (χ0n) is 11.7. The quantitative estimate of drug-likeness (QED) is 0.828. The van der Waals surface area contributed by atoms with Gasteiger partial charge in [0.2, 0.25) is 0 Å². The predicted octanol–water partition coefficient (Wildman–Crippen LogP) is 3.45. The average molecular weight is 288 g/mol. The highest BCUT2D eigenvalue weighted by atomic mass is 19.1. The molecule has 1 amide bonds. The van der Waals surface area contributed by atoms with Crippen molar-refractivity contribution in [2.45, 2.75) is 13.3 Å². The zero-order valence-corrected chi connectivity index (χ0v) is 11.7. The van der Waals surface area contributed by atoms with Crippen LogP contribution >= 0.6 is 0 Å². The van der Waals surface area contributed by atoms with E-state index in [1.54, 1.807) is 24.3 Å². The molecule has 110 valence electrons. The molecule has 0 bridgehead atoms. The molecule has 2 rings (SSSR count). The van der Waals surface area contributed by atoms with Crippen LogP contribution in [0.5, 0.6) is 5.75 Å². The highest BCUT2D eigenvalue weighted by Crippen LogP contribution is 2.19. The van der Waals surface area contributed by atoms with Crippen molar-refractivity contribution in [3.63, 3.8) is 0 Å². The first-order valence-electron chi connectivity index (χ1n) is 6.69. The van der Waals surface area contributed by atoms with Crippen molar-refractivity contribution in [2.24, 2.45) is 0 Å². The molecular formula is C16H17FN2O2. The standard InChI is InChI=1S/C16H17FN2O2/c1-2-9-21-13-6-4-12(5-7-13)19-16(20)14-10-11(17)3-8-15(14)18/h3-8,10H,2,9,18H2,1H3,(H,19,20). The van der Waals surface area contributed by atoms with Gasteiger partial charge in [-0.2, -0.15) is 0 Å². The first kappa shape index (κ1) is 14.8. The molecule has 2 aromatic carbocycles. The second-order valence-corrected chi connectivity index (χ2v) is 4.56. The lowest BCUT2D eigenvalue weighted by Gasteiger charge is -2.09. The molecule has 0 aliphatic rings. The van der Waals surface area contributed by atoms with Gasteiger partial charge >= 0.3 is 0 Å².